The number of amides is 1. The molecule has 0 heterocycles. The zero-order valence-corrected chi connectivity index (χ0v) is 15.1. The zero-order chi connectivity index (χ0) is 18.2. The van der Waals surface area contributed by atoms with Gasteiger partial charge < -0.3 is 10.2 Å². The molecule has 1 amide bonds. The van der Waals surface area contributed by atoms with Gasteiger partial charge in [0.2, 0.25) is 5.91 Å². The third-order valence-electron chi connectivity index (χ3n) is 4.14. The predicted octanol–water partition coefficient (Wildman–Crippen LogP) is 4.14. The average Bonchev–Trinajstić information content (AvgIpc) is 2.61. The first-order valence-corrected chi connectivity index (χ1v) is 8.56. The van der Waals surface area contributed by atoms with Gasteiger partial charge in [-0.15, -0.1) is 0 Å². The topological polar surface area (TPSA) is 56.1 Å². The smallest absolute Gasteiger partial charge is 0.225 e. The van der Waals surface area contributed by atoms with Crippen molar-refractivity contribution in [2.75, 3.05) is 18.9 Å². The normalized spacial score (nSPS) is 10.7. The second-order valence-corrected chi connectivity index (χ2v) is 6.59. The van der Waals surface area contributed by atoms with Gasteiger partial charge in [0.05, 0.1) is 11.3 Å². The molecule has 0 aliphatic heterocycles. The van der Waals surface area contributed by atoms with Crippen LogP contribution >= 0.6 is 0 Å². The van der Waals surface area contributed by atoms with E-state index in [4.69, 9.17) is 5.26 Å². The molecule has 0 bridgehead atoms. The van der Waals surface area contributed by atoms with Crippen LogP contribution in [0.15, 0.2) is 48.5 Å². The minimum atomic E-state index is -0.0790. The van der Waals surface area contributed by atoms with Crippen LogP contribution in [-0.2, 0) is 11.3 Å². The highest BCUT2D eigenvalue weighted by atomic mass is 16.1. The third kappa shape index (κ3) is 5.74. The van der Waals surface area contributed by atoms with Crippen LogP contribution in [0.5, 0.6) is 0 Å². The molecule has 0 fully saturated rings. The quantitative estimate of drug-likeness (QED) is 0.827. The van der Waals surface area contributed by atoms with E-state index in [0.717, 1.165) is 6.54 Å². The van der Waals surface area contributed by atoms with Gasteiger partial charge in [0.25, 0.3) is 0 Å². The number of hydrogen-bond donors (Lipinski definition) is 1. The Balaban J connectivity index is 1.82. The van der Waals surface area contributed by atoms with Crippen LogP contribution in [0.2, 0.25) is 0 Å². The first kappa shape index (κ1) is 18.7. The second kappa shape index (κ2) is 9.00. The Kier molecular flexibility index (Phi) is 6.73. The van der Waals surface area contributed by atoms with Crippen LogP contribution in [-0.4, -0.2) is 24.4 Å². The Morgan fingerprint density at radius 2 is 1.84 bits per heavy atom. The van der Waals surface area contributed by atoms with Crippen molar-refractivity contribution >= 4 is 11.6 Å². The van der Waals surface area contributed by atoms with Gasteiger partial charge in [-0.25, -0.2) is 0 Å². The SMILES string of the molecule is CC(C)c1ccc(CN(C)CCC(=O)Nc2ccccc2C#N)cc1. The van der Waals surface area contributed by atoms with Crippen molar-refractivity contribution in [1.29, 1.82) is 5.26 Å². The van der Waals surface area contributed by atoms with E-state index in [1.807, 2.05) is 13.1 Å². The van der Waals surface area contributed by atoms with Gasteiger partial charge in [0.15, 0.2) is 0 Å². The minimum absolute atomic E-state index is 0.0790. The summed E-state index contributed by atoms with van der Waals surface area (Å²) in [6, 6.07) is 17.8. The van der Waals surface area contributed by atoms with Gasteiger partial charge >= 0.3 is 0 Å². The number of hydrogen-bond acceptors (Lipinski definition) is 3. The van der Waals surface area contributed by atoms with Gasteiger partial charge in [-0.1, -0.05) is 50.2 Å². The Bertz CT molecular complexity index is 744. The van der Waals surface area contributed by atoms with E-state index in [1.165, 1.54) is 11.1 Å². The van der Waals surface area contributed by atoms with Gasteiger partial charge in [-0.3, -0.25) is 4.79 Å². The summed E-state index contributed by atoms with van der Waals surface area (Å²) in [4.78, 5) is 14.2. The molecule has 0 saturated carbocycles. The van der Waals surface area contributed by atoms with Crippen molar-refractivity contribution in [3.05, 3.63) is 65.2 Å². The van der Waals surface area contributed by atoms with E-state index in [0.29, 0.717) is 30.1 Å². The summed E-state index contributed by atoms with van der Waals surface area (Å²) in [6.45, 7) is 5.83. The van der Waals surface area contributed by atoms with Crippen LogP contribution in [0.3, 0.4) is 0 Å². The molecular formula is C21H25N3O. The van der Waals surface area contributed by atoms with Crippen molar-refractivity contribution in [1.82, 2.24) is 4.90 Å². The van der Waals surface area contributed by atoms with Crippen LogP contribution in [0, 0.1) is 11.3 Å². The molecule has 4 heteroatoms. The van der Waals surface area contributed by atoms with E-state index in [1.54, 1.807) is 18.2 Å². The number of nitrogens with zero attached hydrogens (tertiary/aromatic N) is 2. The van der Waals surface area contributed by atoms with Gasteiger partial charge in [-0.2, -0.15) is 5.26 Å². The summed E-state index contributed by atoms with van der Waals surface area (Å²) in [5, 5.41) is 11.9. The van der Waals surface area contributed by atoms with E-state index < -0.39 is 0 Å². The molecule has 1 N–H and O–H groups in total. The maximum atomic E-state index is 12.1. The van der Waals surface area contributed by atoms with Crippen molar-refractivity contribution in [2.45, 2.75) is 32.7 Å². The number of nitrogens with one attached hydrogen (secondary N) is 1. The molecule has 2 rings (SSSR count). The number of benzene rings is 2. The molecule has 0 saturated heterocycles. The second-order valence-electron chi connectivity index (χ2n) is 6.59. The molecule has 0 aliphatic carbocycles. The maximum absolute atomic E-state index is 12.1. The van der Waals surface area contributed by atoms with E-state index in [9.17, 15) is 4.79 Å². The monoisotopic (exact) mass is 335 g/mol. The zero-order valence-electron chi connectivity index (χ0n) is 15.1. The summed E-state index contributed by atoms with van der Waals surface area (Å²) < 4.78 is 0. The molecule has 0 aromatic heterocycles. The predicted molar refractivity (Wildman–Crippen MR) is 101 cm³/mol. The fourth-order valence-electron chi connectivity index (χ4n) is 2.59. The molecular weight excluding hydrogens is 310 g/mol. The molecule has 0 unspecified atom stereocenters. The lowest BCUT2D eigenvalue weighted by atomic mass is 10.0. The van der Waals surface area contributed by atoms with Gasteiger partial charge in [-0.05, 0) is 36.2 Å². The van der Waals surface area contributed by atoms with Crippen molar-refractivity contribution in [3.8, 4) is 6.07 Å². The van der Waals surface area contributed by atoms with Crippen molar-refractivity contribution in [3.63, 3.8) is 0 Å². The van der Waals surface area contributed by atoms with Gasteiger partial charge in [0, 0.05) is 19.5 Å². The number of nitriles is 1. The highest BCUT2D eigenvalue weighted by Gasteiger charge is 2.08. The molecule has 2 aromatic carbocycles. The lowest BCUT2D eigenvalue weighted by molar-refractivity contribution is -0.116. The molecule has 25 heavy (non-hydrogen) atoms. The van der Waals surface area contributed by atoms with Crippen LogP contribution in [0.1, 0.15) is 42.9 Å². The summed E-state index contributed by atoms with van der Waals surface area (Å²) in [6.07, 6.45) is 0.389. The third-order valence-corrected chi connectivity index (χ3v) is 4.14. The van der Waals surface area contributed by atoms with Crippen LogP contribution in [0.25, 0.3) is 0 Å². The highest BCUT2D eigenvalue weighted by Crippen LogP contribution is 2.16. The number of carbonyl (C=O) groups is 1. The molecule has 4 nitrogen and oxygen atoms in total. The first-order valence-electron chi connectivity index (χ1n) is 8.56. The Labute approximate surface area is 150 Å². The molecule has 0 aliphatic rings. The summed E-state index contributed by atoms with van der Waals surface area (Å²) >= 11 is 0. The Morgan fingerprint density at radius 1 is 1.16 bits per heavy atom. The van der Waals surface area contributed by atoms with E-state index in [2.05, 4.69) is 54.4 Å². The first-order chi connectivity index (χ1) is 12.0. The highest BCUT2D eigenvalue weighted by molar-refractivity contribution is 5.92. The number of anilines is 1. The van der Waals surface area contributed by atoms with Gasteiger partial charge in [0.1, 0.15) is 6.07 Å². The number of carbonyl (C=O) groups excluding carboxylic acids is 1. The molecule has 0 spiro atoms. The standard InChI is InChI=1S/C21H25N3O/c1-16(2)18-10-8-17(9-11-18)15-24(3)13-12-21(25)23-20-7-5-4-6-19(20)14-22/h4-11,16H,12-13,15H2,1-3H3,(H,23,25). The van der Waals surface area contributed by atoms with Crippen LogP contribution in [0.4, 0.5) is 5.69 Å². The molecule has 0 radical (unpaired) electrons. The minimum Gasteiger partial charge on any atom is -0.325 e. The lowest BCUT2D eigenvalue weighted by Crippen LogP contribution is -2.24. The van der Waals surface area contributed by atoms with Crippen molar-refractivity contribution < 1.29 is 4.79 Å². The largest absolute Gasteiger partial charge is 0.325 e. The van der Waals surface area contributed by atoms with E-state index in [-0.39, 0.29) is 5.91 Å². The summed E-state index contributed by atoms with van der Waals surface area (Å²) in [5.74, 6) is 0.455. The average molecular weight is 335 g/mol. The van der Waals surface area contributed by atoms with E-state index >= 15 is 0 Å². The van der Waals surface area contributed by atoms with Crippen LogP contribution < -0.4 is 5.32 Å². The van der Waals surface area contributed by atoms with Crippen molar-refractivity contribution in [2.24, 2.45) is 0 Å². The number of para-hydroxylation sites is 1. The fourth-order valence-corrected chi connectivity index (χ4v) is 2.59. The Morgan fingerprint density at radius 3 is 2.48 bits per heavy atom. The number of rotatable bonds is 7. The lowest BCUT2D eigenvalue weighted by Gasteiger charge is -2.17. The maximum Gasteiger partial charge on any atom is 0.225 e. The Hall–Kier alpha value is -2.64. The molecule has 0 atom stereocenters. The summed E-state index contributed by atoms with van der Waals surface area (Å²) in [7, 11) is 2.01. The molecule has 130 valence electrons. The summed E-state index contributed by atoms with van der Waals surface area (Å²) in [5.41, 5.74) is 3.63. The fraction of sp³-hybridized carbons (Fsp3) is 0.333. The molecule has 2 aromatic rings.